The molecular weight excluding hydrogens is 374 g/mol. The SMILES string of the molecule is C[C@H](c1ccccc1)N1C[C@H](C(=O)OCC(=O)c2ccc3c(c2)OCO3)CC1=O. The highest BCUT2D eigenvalue weighted by atomic mass is 16.7. The molecule has 1 saturated heterocycles. The van der Waals surface area contributed by atoms with Crippen molar-refractivity contribution in [2.75, 3.05) is 19.9 Å². The van der Waals surface area contributed by atoms with Crippen LogP contribution >= 0.6 is 0 Å². The van der Waals surface area contributed by atoms with Gasteiger partial charge in [-0.15, -0.1) is 0 Å². The summed E-state index contributed by atoms with van der Waals surface area (Å²) in [7, 11) is 0. The highest BCUT2D eigenvalue weighted by Gasteiger charge is 2.38. The molecule has 0 aliphatic carbocycles. The van der Waals surface area contributed by atoms with E-state index in [0.717, 1.165) is 5.56 Å². The van der Waals surface area contributed by atoms with Gasteiger partial charge in [0.25, 0.3) is 0 Å². The Kier molecular flexibility index (Phi) is 5.20. The van der Waals surface area contributed by atoms with Crippen molar-refractivity contribution in [1.29, 1.82) is 0 Å². The maximum absolute atomic E-state index is 12.4. The van der Waals surface area contributed by atoms with E-state index >= 15 is 0 Å². The molecule has 0 aromatic heterocycles. The third-order valence-corrected chi connectivity index (χ3v) is 5.28. The van der Waals surface area contributed by atoms with Crippen LogP contribution in [-0.4, -0.2) is 42.5 Å². The maximum atomic E-state index is 12.4. The molecule has 29 heavy (non-hydrogen) atoms. The Hall–Kier alpha value is -3.35. The van der Waals surface area contributed by atoms with Gasteiger partial charge in [-0.25, -0.2) is 0 Å². The van der Waals surface area contributed by atoms with Crippen molar-refractivity contribution in [3.05, 3.63) is 59.7 Å². The zero-order valence-corrected chi connectivity index (χ0v) is 16.0. The summed E-state index contributed by atoms with van der Waals surface area (Å²) in [5.41, 5.74) is 1.39. The van der Waals surface area contributed by atoms with Crippen LogP contribution in [0.2, 0.25) is 0 Å². The Labute approximate surface area is 168 Å². The van der Waals surface area contributed by atoms with Crippen molar-refractivity contribution in [3.63, 3.8) is 0 Å². The molecule has 0 unspecified atom stereocenters. The summed E-state index contributed by atoms with van der Waals surface area (Å²) in [5, 5.41) is 0. The molecule has 1 fully saturated rings. The van der Waals surface area contributed by atoms with Crippen molar-refractivity contribution in [2.45, 2.75) is 19.4 Å². The predicted octanol–water partition coefficient (Wildman–Crippen LogP) is 2.75. The first-order valence-electron chi connectivity index (χ1n) is 9.47. The van der Waals surface area contributed by atoms with Crippen LogP contribution in [0.15, 0.2) is 48.5 Å². The molecule has 2 aliphatic rings. The molecule has 0 saturated carbocycles. The minimum absolute atomic E-state index is 0.0915. The number of benzene rings is 2. The van der Waals surface area contributed by atoms with Gasteiger partial charge in [-0.05, 0) is 30.7 Å². The molecule has 1 amide bonds. The molecule has 150 valence electrons. The molecule has 2 aliphatic heterocycles. The van der Waals surface area contributed by atoms with E-state index in [9.17, 15) is 14.4 Å². The van der Waals surface area contributed by atoms with Crippen molar-refractivity contribution < 1.29 is 28.6 Å². The van der Waals surface area contributed by atoms with E-state index in [0.29, 0.717) is 17.1 Å². The van der Waals surface area contributed by atoms with Crippen molar-refractivity contribution >= 4 is 17.7 Å². The number of hydrogen-bond donors (Lipinski definition) is 0. The second kappa shape index (κ2) is 7.95. The highest BCUT2D eigenvalue weighted by molar-refractivity contribution is 5.99. The first kappa shape index (κ1) is 19.0. The van der Waals surface area contributed by atoms with Gasteiger partial charge in [-0.2, -0.15) is 0 Å². The topological polar surface area (TPSA) is 82.1 Å². The first-order valence-corrected chi connectivity index (χ1v) is 9.47. The molecule has 0 spiro atoms. The number of rotatable bonds is 6. The molecular formula is C22H21NO6. The number of carbonyl (C=O) groups is 3. The third kappa shape index (κ3) is 3.94. The minimum Gasteiger partial charge on any atom is -0.457 e. The monoisotopic (exact) mass is 395 g/mol. The molecule has 7 nitrogen and oxygen atoms in total. The molecule has 2 aromatic rings. The second-order valence-electron chi connectivity index (χ2n) is 7.13. The Morgan fingerprint density at radius 3 is 2.69 bits per heavy atom. The van der Waals surface area contributed by atoms with E-state index in [-0.39, 0.29) is 44.1 Å². The van der Waals surface area contributed by atoms with Crippen LogP contribution < -0.4 is 9.47 Å². The largest absolute Gasteiger partial charge is 0.457 e. The maximum Gasteiger partial charge on any atom is 0.311 e. The standard InChI is InChI=1S/C22H21NO6/c1-14(15-5-3-2-4-6-15)23-11-17(10-21(23)25)22(26)27-12-18(24)16-7-8-19-20(9-16)29-13-28-19/h2-9,14,17H,10-13H2,1H3/t14-,17-/m1/s1. The number of ether oxygens (including phenoxy) is 3. The fourth-order valence-electron chi connectivity index (χ4n) is 3.58. The van der Waals surface area contributed by atoms with Crippen LogP contribution in [0, 0.1) is 5.92 Å². The third-order valence-electron chi connectivity index (χ3n) is 5.28. The number of ketones is 1. The van der Waals surface area contributed by atoms with Gasteiger partial charge < -0.3 is 19.1 Å². The van der Waals surface area contributed by atoms with Gasteiger partial charge in [0, 0.05) is 18.5 Å². The van der Waals surface area contributed by atoms with Crippen molar-refractivity contribution in [2.24, 2.45) is 5.92 Å². The number of esters is 1. The van der Waals surface area contributed by atoms with Crippen LogP contribution in [0.3, 0.4) is 0 Å². The van der Waals surface area contributed by atoms with E-state index < -0.39 is 11.9 Å². The average Bonchev–Trinajstić information content (AvgIpc) is 3.37. The molecule has 0 radical (unpaired) electrons. The van der Waals surface area contributed by atoms with Crippen LogP contribution in [-0.2, 0) is 14.3 Å². The van der Waals surface area contributed by atoms with Crippen LogP contribution in [0.1, 0.15) is 35.3 Å². The summed E-state index contributed by atoms with van der Waals surface area (Å²) >= 11 is 0. The number of fused-ring (bicyclic) bond motifs is 1. The molecule has 7 heteroatoms. The minimum atomic E-state index is -0.571. The lowest BCUT2D eigenvalue weighted by atomic mass is 10.1. The fourth-order valence-corrected chi connectivity index (χ4v) is 3.58. The van der Waals surface area contributed by atoms with Gasteiger partial charge in [0.15, 0.2) is 23.9 Å². The highest BCUT2D eigenvalue weighted by Crippen LogP contribution is 2.33. The summed E-state index contributed by atoms with van der Waals surface area (Å²) in [4.78, 5) is 38.8. The summed E-state index contributed by atoms with van der Waals surface area (Å²) in [5.74, 6) is -0.459. The summed E-state index contributed by atoms with van der Waals surface area (Å²) in [6.45, 7) is 1.96. The quantitative estimate of drug-likeness (QED) is 0.553. The van der Waals surface area contributed by atoms with Gasteiger partial charge in [0.05, 0.1) is 12.0 Å². The van der Waals surface area contributed by atoms with E-state index in [1.165, 1.54) is 0 Å². The first-order chi connectivity index (χ1) is 14.0. The molecule has 4 rings (SSSR count). The van der Waals surface area contributed by atoms with Gasteiger partial charge in [0.2, 0.25) is 12.7 Å². The normalized spacial score (nSPS) is 18.6. The number of carbonyl (C=O) groups excluding carboxylic acids is 3. The number of likely N-dealkylation sites (tertiary alicyclic amines) is 1. The van der Waals surface area contributed by atoms with Crippen molar-refractivity contribution in [1.82, 2.24) is 4.90 Å². The van der Waals surface area contributed by atoms with E-state index in [1.807, 2.05) is 37.3 Å². The van der Waals surface area contributed by atoms with Gasteiger partial charge in [0.1, 0.15) is 0 Å². The van der Waals surface area contributed by atoms with Crippen LogP contribution in [0.5, 0.6) is 11.5 Å². The number of nitrogens with zero attached hydrogens (tertiary/aromatic N) is 1. The molecule has 0 bridgehead atoms. The van der Waals surface area contributed by atoms with Gasteiger partial charge in [-0.1, -0.05) is 30.3 Å². The molecule has 0 N–H and O–H groups in total. The number of Topliss-reactive ketones (excluding diaryl/α,β-unsaturated/α-hetero) is 1. The van der Waals surface area contributed by atoms with Crippen LogP contribution in [0.4, 0.5) is 0 Å². The van der Waals surface area contributed by atoms with E-state index in [4.69, 9.17) is 14.2 Å². The van der Waals surface area contributed by atoms with Crippen LogP contribution in [0.25, 0.3) is 0 Å². The Morgan fingerprint density at radius 1 is 1.14 bits per heavy atom. The average molecular weight is 395 g/mol. The summed E-state index contributed by atoms with van der Waals surface area (Å²) in [6.07, 6.45) is 0.0915. The second-order valence-corrected chi connectivity index (χ2v) is 7.13. The Morgan fingerprint density at radius 2 is 1.90 bits per heavy atom. The van der Waals surface area contributed by atoms with Crippen molar-refractivity contribution in [3.8, 4) is 11.5 Å². The Bertz CT molecular complexity index is 942. The smallest absolute Gasteiger partial charge is 0.311 e. The lowest BCUT2D eigenvalue weighted by molar-refractivity contribution is -0.147. The number of amides is 1. The zero-order chi connectivity index (χ0) is 20.4. The van der Waals surface area contributed by atoms with E-state index in [2.05, 4.69) is 0 Å². The lowest BCUT2D eigenvalue weighted by Crippen LogP contribution is -2.30. The predicted molar refractivity (Wildman–Crippen MR) is 103 cm³/mol. The Balaban J connectivity index is 1.33. The summed E-state index contributed by atoms with van der Waals surface area (Å²) < 4.78 is 15.7. The lowest BCUT2D eigenvalue weighted by Gasteiger charge is -2.25. The van der Waals surface area contributed by atoms with E-state index in [1.54, 1.807) is 23.1 Å². The molecule has 2 heterocycles. The summed E-state index contributed by atoms with van der Waals surface area (Å²) in [6, 6.07) is 14.3. The fraction of sp³-hybridized carbons (Fsp3) is 0.318. The van der Waals surface area contributed by atoms with Gasteiger partial charge >= 0.3 is 5.97 Å². The molecule has 2 aromatic carbocycles. The molecule has 2 atom stereocenters. The van der Waals surface area contributed by atoms with Gasteiger partial charge in [-0.3, -0.25) is 14.4 Å². The zero-order valence-electron chi connectivity index (χ0n) is 16.0. The number of hydrogen-bond acceptors (Lipinski definition) is 6.